The molecule has 2 nitrogen and oxygen atoms in total. The van der Waals surface area contributed by atoms with Crippen LogP contribution in [0.4, 0.5) is 0 Å². The number of hydrogen-bond acceptors (Lipinski definition) is 3. The van der Waals surface area contributed by atoms with Crippen LogP contribution in [0.15, 0.2) is 57.3 Å². The van der Waals surface area contributed by atoms with Gasteiger partial charge in [-0.2, -0.15) is 0 Å². The van der Waals surface area contributed by atoms with Gasteiger partial charge in [0, 0.05) is 4.90 Å². The second-order valence-electron chi connectivity index (χ2n) is 2.60. The van der Waals surface area contributed by atoms with E-state index in [0.29, 0.717) is 0 Å². The minimum atomic E-state index is 0.762. The van der Waals surface area contributed by atoms with Crippen LogP contribution >= 0.6 is 27.7 Å². The van der Waals surface area contributed by atoms with Gasteiger partial charge in [0.05, 0.1) is 12.4 Å². The van der Waals surface area contributed by atoms with E-state index in [2.05, 4.69) is 25.9 Å². The summed E-state index contributed by atoms with van der Waals surface area (Å²) in [6, 6.07) is 10.1. The molecular formula is C10H7BrN2S. The molecule has 4 heteroatoms. The van der Waals surface area contributed by atoms with Gasteiger partial charge in [-0.15, -0.1) is 0 Å². The molecule has 2 aromatic rings. The minimum absolute atomic E-state index is 0.762. The van der Waals surface area contributed by atoms with E-state index >= 15 is 0 Å². The molecule has 0 aliphatic rings. The quantitative estimate of drug-likeness (QED) is 0.834. The van der Waals surface area contributed by atoms with Gasteiger partial charge < -0.3 is 0 Å². The minimum Gasteiger partial charge on any atom is -0.259 e. The molecule has 0 saturated carbocycles. The van der Waals surface area contributed by atoms with Gasteiger partial charge in [-0.25, -0.2) is 4.98 Å². The van der Waals surface area contributed by atoms with Gasteiger partial charge in [0.25, 0.3) is 0 Å². The Labute approximate surface area is 94.9 Å². The summed E-state index contributed by atoms with van der Waals surface area (Å²) < 4.78 is 0.762. The van der Waals surface area contributed by atoms with Crippen LogP contribution in [0, 0.1) is 0 Å². The molecule has 0 spiro atoms. The van der Waals surface area contributed by atoms with Gasteiger partial charge in [0.1, 0.15) is 9.63 Å². The van der Waals surface area contributed by atoms with Crippen LogP contribution in [0.2, 0.25) is 0 Å². The molecule has 14 heavy (non-hydrogen) atoms. The summed E-state index contributed by atoms with van der Waals surface area (Å²) in [6.07, 6.45) is 3.43. The summed E-state index contributed by atoms with van der Waals surface area (Å²) in [5, 5.41) is 0.894. The molecule has 0 radical (unpaired) electrons. The Kier molecular flexibility index (Phi) is 3.16. The highest BCUT2D eigenvalue weighted by Crippen LogP contribution is 2.25. The van der Waals surface area contributed by atoms with Gasteiger partial charge in [0.2, 0.25) is 0 Å². The summed E-state index contributed by atoms with van der Waals surface area (Å²) in [7, 11) is 0. The Morgan fingerprint density at radius 1 is 1.07 bits per heavy atom. The summed E-state index contributed by atoms with van der Waals surface area (Å²) >= 11 is 4.89. The lowest BCUT2D eigenvalue weighted by Gasteiger charge is -1.99. The Hall–Kier alpha value is -0.870. The summed E-state index contributed by atoms with van der Waals surface area (Å²) in [5.41, 5.74) is 0. The highest BCUT2D eigenvalue weighted by atomic mass is 79.9. The van der Waals surface area contributed by atoms with E-state index in [9.17, 15) is 0 Å². The van der Waals surface area contributed by atoms with Crippen LogP contribution < -0.4 is 0 Å². The molecule has 0 bridgehead atoms. The van der Waals surface area contributed by atoms with Crippen LogP contribution in [-0.4, -0.2) is 9.97 Å². The maximum atomic E-state index is 4.29. The van der Waals surface area contributed by atoms with Gasteiger partial charge in [-0.1, -0.05) is 30.0 Å². The average Bonchev–Trinajstić information content (AvgIpc) is 2.19. The molecule has 70 valence electrons. The largest absolute Gasteiger partial charge is 0.259 e. The molecule has 0 unspecified atom stereocenters. The first-order valence-electron chi connectivity index (χ1n) is 4.05. The van der Waals surface area contributed by atoms with Crippen LogP contribution in [0.5, 0.6) is 0 Å². The summed E-state index contributed by atoms with van der Waals surface area (Å²) in [5.74, 6) is 0. The third kappa shape index (κ3) is 2.56. The lowest BCUT2D eigenvalue weighted by molar-refractivity contribution is 1.03. The maximum Gasteiger partial charge on any atom is 0.125 e. The molecule has 1 aromatic carbocycles. The van der Waals surface area contributed by atoms with Crippen molar-refractivity contribution in [3.63, 3.8) is 0 Å². The van der Waals surface area contributed by atoms with E-state index in [1.54, 1.807) is 24.2 Å². The van der Waals surface area contributed by atoms with Crippen molar-refractivity contribution in [2.75, 3.05) is 0 Å². The first kappa shape index (κ1) is 9.68. The molecular weight excluding hydrogens is 260 g/mol. The lowest BCUT2D eigenvalue weighted by atomic mass is 10.4. The van der Waals surface area contributed by atoms with Crippen molar-refractivity contribution in [2.45, 2.75) is 9.92 Å². The first-order chi connectivity index (χ1) is 6.84. The second-order valence-corrected chi connectivity index (χ2v) is 4.50. The van der Waals surface area contributed by atoms with Crippen molar-refractivity contribution < 1.29 is 0 Å². The van der Waals surface area contributed by atoms with Crippen molar-refractivity contribution in [1.29, 1.82) is 0 Å². The van der Waals surface area contributed by atoms with Crippen LogP contribution in [0.1, 0.15) is 0 Å². The average molecular weight is 267 g/mol. The molecule has 1 heterocycles. The van der Waals surface area contributed by atoms with E-state index in [-0.39, 0.29) is 0 Å². The number of halogens is 1. The standard InChI is InChI=1S/C10H7BrN2S/c11-9-6-12-7-10(13-9)14-8-4-2-1-3-5-8/h1-7H. The molecule has 0 atom stereocenters. The monoisotopic (exact) mass is 266 g/mol. The van der Waals surface area contributed by atoms with E-state index in [0.717, 1.165) is 9.63 Å². The van der Waals surface area contributed by atoms with Crippen molar-refractivity contribution in [1.82, 2.24) is 9.97 Å². The van der Waals surface area contributed by atoms with Gasteiger partial charge in [-0.05, 0) is 28.1 Å². The van der Waals surface area contributed by atoms with Crippen LogP contribution in [0.25, 0.3) is 0 Å². The Morgan fingerprint density at radius 3 is 2.57 bits per heavy atom. The zero-order valence-corrected chi connectivity index (χ0v) is 9.62. The molecule has 0 N–H and O–H groups in total. The van der Waals surface area contributed by atoms with E-state index in [1.165, 1.54) is 4.90 Å². The molecule has 1 aromatic heterocycles. The third-order valence-corrected chi connectivity index (χ3v) is 2.84. The van der Waals surface area contributed by atoms with Gasteiger partial charge in [-0.3, -0.25) is 4.98 Å². The van der Waals surface area contributed by atoms with Crippen molar-refractivity contribution in [3.8, 4) is 0 Å². The lowest BCUT2D eigenvalue weighted by Crippen LogP contribution is -1.82. The summed E-state index contributed by atoms with van der Waals surface area (Å²) in [4.78, 5) is 9.50. The third-order valence-electron chi connectivity index (χ3n) is 1.55. The Balaban J connectivity index is 2.19. The van der Waals surface area contributed by atoms with Crippen molar-refractivity contribution in [2.24, 2.45) is 0 Å². The molecule has 0 saturated heterocycles. The van der Waals surface area contributed by atoms with E-state index in [1.807, 2.05) is 30.3 Å². The van der Waals surface area contributed by atoms with Crippen molar-refractivity contribution >= 4 is 27.7 Å². The number of hydrogen-bond donors (Lipinski definition) is 0. The fourth-order valence-corrected chi connectivity index (χ4v) is 2.20. The Morgan fingerprint density at radius 2 is 1.86 bits per heavy atom. The second kappa shape index (κ2) is 4.57. The topological polar surface area (TPSA) is 25.8 Å². The zero-order valence-electron chi connectivity index (χ0n) is 7.22. The normalized spacial score (nSPS) is 10.1. The highest BCUT2D eigenvalue weighted by Gasteiger charge is 1.98. The van der Waals surface area contributed by atoms with Crippen LogP contribution in [0.3, 0.4) is 0 Å². The number of nitrogens with zero attached hydrogens (tertiary/aromatic N) is 2. The van der Waals surface area contributed by atoms with E-state index < -0.39 is 0 Å². The zero-order chi connectivity index (χ0) is 9.80. The predicted molar refractivity (Wildman–Crippen MR) is 60.3 cm³/mol. The number of benzene rings is 1. The molecule has 2 rings (SSSR count). The summed E-state index contributed by atoms with van der Waals surface area (Å²) in [6.45, 7) is 0. The van der Waals surface area contributed by atoms with Crippen molar-refractivity contribution in [3.05, 3.63) is 47.3 Å². The predicted octanol–water partition coefficient (Wildman–Crippen LogP) is 3.39. The fraction of sp³-hybridized carbons (Fsp3) is 0. The van der Waals surface area contributed by atoms with Crippen LogP contribution in [-0.2, 0) is 0 Å². The Bertz CT molecular complexity index is 419. The molecule has 0 fully saturated rings. The number of rotatable bonds is 2. The fourth-order valence-electron chi connectivity index (χ4n) is 0.984. The van der Waals surface area contributed by atoms with Gasteiger partial charge >= 0.3 is 0 Å². The molecule has 0 aliphatic carbocycles. The van der Waals surface area contributed by atoms with E-state index in [4.69, 9.17) is 0 Å². The smallest absolute Gasteiger partial charge is 0.125 e. The maximum absolute atomic E-state index is 4.29. The first-order valence-corrected chi connectivity index (χ1v) is 5.66. The molecule has 0 aliphatic heterocycles. The molecule has 0 amide bonds. The highest BCUT2D eigenvalue weighted by molar-refractivity contribution is 9.10. The number of aromatic nitrogens is 2. The van der Waals surface area contributed by atoms with Gasteiger partial charge in [0.15, 0.2) is 0 Å². The SMILES string of the molecule is Brc1cncc(Sc2ccccc2)n1.